The summed E-state index contributed by atoms with van der Waals surface area (Å²) in [6.45, 7) is 2.07. The second kappa shape index (κ2) is 4.43. The van der Waals surface area contributed by atoms with Crippen molar-refractivity contribution in [2.24, 2.45) is 0 Å². The SMILES string of the molecule is Cc1ccc2nc3cc4c(cc3nc2c1)Nc1ccccc1N4. The van der Waals surface area contributed by atoms with E-state index in [0.717, 1.165) is 44.8 Å². The summed E-state index contributed by atoms with van der Waals surface area (Å²) in [6.07, 6.45) is 0. The van der Waals surface area contributed by atoms with E-state index in [0.29, 0.717) is 0 Å². The molecule has 0 radical (unpaired) electrons. The molecule has 5 rings (SSSR count). The maximum absolute atomic E-state index is 4.77. The molecule has 0 bridgehead atoms. The highest BCUT2D eigenvalue weighted by Gasteiger charge is 2.15. The zero-order valence-electron chi connectivity index (χ0n) is 12.6. The highest BCUT2D eigenvalue weighted by atomic mass is 15.0. The normalized spacial score (nSPS) is 12.4. The standard InChI is InChI=1S/C19H14N4/c1-11-6-7-14-15(8-11)23-19-10-17-16(9-18(19)22-14)20-12-4-2-3-5-13(12)21-17/h2-10,20-21H,1H3. The van der Waals surface area contributed by atoms with Gasteiger partial charge < -0.3 is 10.6 Å². The molecule has 1 aromatic heterocycles. The van der Waals surface area contributed by atoms with Crippen molar-refractivity contribution in [1.29, 1.82) is 0 Å². The van der Waals surface area contributed by atoms with Crippen LogP contribution in [0.3, 0.4) is 0 Å². The molecule has 0 spiro atoms. The number of rotatable bonds is 0. The molecule has 4 nitrogen and oxygen atoms in total. The van der Waals surface area contributed by atoms with Crippen LogP contribution in [0, 0.1) is 6.92 Å². The zero-order chi connectivity index (χ0) is 15.4. The van der Waals surface area contributed by atoms with Gasteiger partial charge in [-0.3, -0.25) is 0 Å². The van der Waals surface area contributed by atoms with Crippen LogP contribution in [0.25, 0.3) is 22.1 Å². The molecule has 3 aromatic carbocycles. The fourth-order valence-corrected chi connectivity index (χ4v) is 3.03. The molecule has 23 heavy (non-hydrogen) atoms. The predicted molar refractivity (Wildman–Crippen MR) is 94.8 cm³/mol. The van der Waals surface area contributed by atoms with Gasteiger partial charge in [0.15, 0.2) is 0 Å². The quantitative estimate of drug-likeness (QED) is 0.400. The van der Waals surface area contributed by atoms with Gasteiger partial charge in [0.25, 0.3) is 0 Å². The number of nitrogens with zero attached hydrogens (tertiary/aromatic N) is 2. The Balaban J connectivity index is 1.74. The Bertz CT molecular complexity index is 1090. The van der Waals surface area contributed by atoms with E-state index in [1.165, 1.54) is 5.56 Å². The first-order valence-electron chi connectivity index (χ1n) is 7.61. The number of benzene rings is 3. The average molecular weight is 298 g/mol. The molecule has 2 heterocycles. The number of aromatic nitrogens is 2. The molecule has 2 N–H and O–H groups in total. The number of aryl methyl sites for hydroxylation is 1. The minimum atomic E-state index is 0.897. The number of nitrogens with one attached hydrogen (secondary N) is 2. The van der Waals surface area contributed by atoms with Gasteiger partial charge in [0.05, 0.1) is 44.8 Å². The highest BCUT2D eigenvalue weighted by Crippen LogP contribution is 2.39. The summed E-state index contributed by atoms with van der Waals surface area (Å²) in [5.74, 6) is 0. The second-order valence-corrected chi connectivity index (χ2v) is 5.90. The van der Waals surface area contributed by atoms with Gasteiger partial charge in [-0.05, 0) is 48.9 Å². The first-order valence-corrected chi connectivity index (χ1v) is 7.61. The van der Waals surface area contributed by atoms with Crippen LogP contribution in [0.5, 0.6) is 0 Å². The summed E-state index contributed by atoms with van der Waals surface area (Å²) in [5, 5.41) is 6.92. The molecule has 4 heteroatoms. The number of fused-ring (bicyclic) bond motifs is 4. The van der Waals surface area contributed by atoms with E-state index in [9.17, 15) is 0 Å². The van der Waals surface area contributed by atoms with Crippen LogP contribution in [-0.4, -0.2) is 9.97 Å². The Hall–Kier alpha value is -3.14. The Morgan fingerprint density at radius 2 is 1.17 bits per heavy atom. The maximum atomic E-state index is 4.77. The van der Waals surface area contributed by atoms with Crippen LogP contribution >= 0.6 is 0 Å². The van der Waals surface area contributed by atoms with E-state index in [1.54, 1.807) is 0 Å². The van der Waals surface area contributed by atoms with Crippen molar-refractivity contribution in [3.63, 3.8) is 0 Å². The van der Waals surface area contributed by atoms with E-state index in [1.807, 2.05) is 18.2 Å². The van der Waals surface area contributed by atoms with Crippen LogP contribution in [0.4, 0.5) is 22.7 Å². The summed E-state index contributed by atoms with van der Waals surface area (Å²) in [5.41, 5.74) is 9.04. The third-order valence-corrected chi connectivity index (χ3v) is 4.19. The monoisotopic (exact) mass is 298 g/mol. The van der Waals surface area contributed by atoms with Gasteiger partial charge in [0.2, 0.25) is 0 Å². The Labute approximate surface area is 133 Å². The van der Waals surface area contributed by atoms with Crippen molar-refractivity contribution in [3.8, 4) is 0 Å². The topological polar surface area (TPSA) is 49.8 Å². The van der Waals surface area contributed by atoms with Crippen molar-refractivity contribution < 1.29 is 0 Å². The van der Waals surface area contributed by atoms with Crippen molar-refractivity contribution in [2.75, 3.05) is 10.6 Å². The first kappa shape index (κ1) is 12.4. The summed E-state index contributed by atoms with van der Waals surface area (Å²) in [7, 11) is 0. The van der Waals surface area contributed by atoms with Crippen molar-refractivity contribution in [2.45, 2.75) is 6.92 Å². The minimum absolute atomic E-state index is 0.897. The molecular weight excluding hydrogens is 284 g/mol. The fraction of sp³-hybridized carbons (Fsp3) is 0.0526. The van der Waals surface area contributed by atoms with Crippen molar-refractivity contribution >= 4 is 44.8 Å². The summed E-state index contributed by atoms with van der Waals surface area (Å²) in [6, 6.07) is 18.4. The molecule has 0 saturated heterocycles. The Morgan fingerprint density at radius 3 is 1.83 bits per heavy atom. The van der Waals surface area contributed by atoms with E-state index < -0.39 is 0 Å². The van der Waals surface area contributed by atoms with Crippen LogP contribution in [0.1, 0.15) is 5.56 Å². The third-order valence-electron chi connectivity index (χ3n) is 4.19. The number of hydrogen-bond donors (Lipinski definition) is 2. The van der Waals surface area contributed by atoms with Crippen LogP contribution < -0.4 is 10.6 Å². The Morgan fingerprint density at radius 1 is 0.609 bits per heavy atom. The summed E-state index contributed by atoms with van der Waals surface area (Å²) < 4.78 is 0. The van der Waals surface area contributed by atoms with Crippen LogP contribution in [0.15, 0.2) is 54.6 Å². The molecule has 4 aromatic rings. The van der Waals surface area contributed by atoms with E-state index in [-0.39, 0.29) is 0 Å². The molecule has 0 amide bonds. The number of anilines is 4. The van der Waals surface area contributed by atoms with Gasteiger partial charge in [-0.25, -0.2) is 9.97 Å². The van der Waals surface area contributed by atoms with Crippen molar-refractivity contribution in [3.05, 3.63) is 60.2 Å². The number of para-hydroxylation sites is 2. The molecule has 1 aliphatic rings. The first-order chi connectivity index (χ1) is 11.3. The zero-order valence-corrected chi connectivity index (χ0v) is 12.6. The van der Waals surface area contributed by atoms with Gasteiger partial charge >= 0.3 is 0 Å². The van der Waals surface area contributed by atoms with Crippen molar-refractivity contribution in [1.82, 2.24) is 9.97 Å². The van der Waals surface area contributed by atoms with Gasteiger partial charge in [0.1, 0.15) is 0 Å². The summed E-state index contributed by atoms with van der Waals surface area (Å²) >= 11 is 0. The molecular formula is C19H14N4. The lowest BCUT2D eigenvalue weighted by Gasteiger charge is -2.23. The second-order valence-electron chi connectivity index (χ2n) is 5.90. The van der Waals surface area contributed by atoms with Gasteiger partial charge in [-0.2, -0.15) is 0 Å². The minimum Gasteiger partial charge on any atom is -0.352 e. The Kier molecular flexibility index (Phi) is 2.39. The van der Waals surface area contributed by atoms with E-state index in [2.05, 4.69) is 54.0 Å². The molecule has 0 unspecified atom stereocenters. The predicted octanol–water partition coefficient (Wildman–Crippen LogP) is 4.89. The van der Waals surface area contributed by atoms with Gasteiger partial charge in [0, 0.05) is 0 Å². The lowest BCUT2D eigenvalue weighted by molar-refractivity contribution is 1.36. The molecule has 0 atom stereocenters. The summed E-state index contributed by atoms with van der Waals surface area (Å²) in [4.78, 5) is 9.52. The molecule has 110 valence electrons. The largest absolute Gasteiger partial charge is 0.352 e. The number of hydrogen-bond acceptors (Lipinski definition) is 4. The fourth-order valence-electron chi connectivity index (χ4n) is 3.03. The van der Waals surface area contributed by atoms with Gasteiger partial charge in [-0.1, -0.05) is 18.2 Å². The third kappa shape index (κ3) is 1.92. The smallest absolute Gasteiger partial charge is 0.0916 e. The van der Waals surface area contributed by atoms with Crippen LogP contribution in [0.2, 0.25) is 0 Å². The highest BCUT2D eigenvalue weighted by molar-refractivity contribution is 5.98. The average Bonchev–Trinajstić information content (AvgIpc) is 2.56. The molecule has 1 aliphatic heterocycles. The lowest BCUT2D eigenvalue weighted by Crippen LogP contribution is -2.06. The van der Waals surface area contributed by atoms with Gasteiger partial charge in [-0.15, -0.1) is 0 Å². The molecule has 0 fully saturated rings. The maximum Gasteiger partial charge on any atom is 0.0916 e. The lowest BCUT2D eigenvalue weighted by atomic mass is 10.1. The van der Waals surface area contributed by atoms with E-state index in [4.69, 9.17) is 9.97 Å². The van der Waals surface area contributed by atoms with E-state index >= 15 is 0 Å². The molecule has 0 aliphatic carbocycles. The van der Waals surface area contributed by atoms with Crippen LogP contribution in [-0.2, 0) is 0 Å². The molecule has 0 saturated carbocycles.